The van der Waals surface area contributed by atoms with Gasteiger partial charge >= 0.3 is 0 Å². The van der Waals surface area contributed by atoms with Gasteiger partial charge in [0.2, 0.25) is 5.89 Å². The first-order chi connectivity index (χ1) is 9.95. The number of fused-ring (bicyclic) bond motifs is 1. The van der Waals surface area contributed by atoms with E-state index in [9.17, 15) is 8.42 Å². The predicted octanol–water partition coefficient (Wildman–Crippen LogP) is 1.56. The lowest BCUT2D eigenvalue weighted by Crippen LogP contribution is -2.28. The molecule has 0 bridgehead atoms. The van der Waals surface area contributed by atoms with E-state index in [4.69, 9.17) is 4.52 Å². The summed E-state index contributed by atoms with van der Waals surface area (Å²) in [6.07, 6.45) is 1.92. The van der Waals surface area contributed by atoms with Crippen LogP contribution in [0.25, 0.3) is 0 Å². The summed E-state index contributed by atoms with van der Waals surface area (Å²) >= 11 is 0. The summed E-state index contributed by atoms with van der Waals surface area (Å²) in [5.41, 5.74) is 2.51. The molecule has 112 valence electrons. The second-order valence-corrected chi connectivity index (χ2v) is 7.74. The van der Waals surface area contributed by atoms with E-state index in [1.807, 2.05) is 12.1 Å². The molecule has 3 rings (SSSR count). The molecule has 2 atom stereocenters. The zero-order chi connectivity index (χ0) is 15.0. The fraction of sp³-hybridized carbons (Fsp3) is 0.429. The first-order valence-electron chi connectivity index (χ1n) is 6.77. The van der Waals surface area contributed by atoms with Gasteiger partial charge in [-0.1, -0.05) is 29.4 Å². The summed E-state index contributed by atoms with van der Waals surface area (Å²) in [4.78, 5) is 4.25. The summed E-state index contributed by atoms with van der Waals surface area (Å²) < 4.78 is 28.3. The molecule has 1 unspecified atom stereocenters. The summed E-state index contributed by atoms with van der Waals surface area (Å²) in [6, 6.07) is 8.11. The van der Waals surface area contributed by atoms with Gasteiger partial charge in [-0.15, -0.1) is 0 Å². The van der Waals surface area contributed by atoms with Gasteiger partial charge in [0.05, 0.1) is 6.04 Å². The maximum atomic E-state index is 11.5. The van der Waals surface area contributed by atoms with E-state index < -0.39 is 15.1 Å². The van der Waals surface area contributed by atoms with Crippen LogP contribution in [0.5, 0.6) is 0 Å². The average Bonchev–Trinajstić information content (AvgIpc) is 2.94. The largest absolute Gasteiger partial charge is 0.338 e. The molecule has 0 aliphatic carbocycles. The number of sulfone groups is 1. The summed E-state index contributed by atoms with van der Waals surface area (Å²) in [5, 5.41) is 6.39. The van der Waals surface area contributed by atoms with Crippen molar-refractivity contribution in [2.75, 3.05) is 6.26 Å². The number of hydrogen-bond acceptors (Lipinski definition) is 6. The van der Waals surface area contributed by atoms with Crippen LogP contribution in [0.4, 0.5) is 0 Å². The fourth-order valence-corrected chi connectivity index (χ4v) is 2.85. The van der Waals surface area contributed by atoms with E-state index in [-0.39, 0.29) is 11.9 Å². The molecule has 1 N–H and O–H groups in total. The van der Waals surface area contributed by atoms with Crippen LogP contribution in [0, 0.1) is 0 Å². The lowest BCUT2D eigenvalue weighted by Gasteiger charge is -2.23. The number of rotatable bonds is 3. The number of nitrogens with zero attached hydrogens (tertiary/aromatic N) is 2. The number of benzene rings is 1. The molecule has 0 amide bonds. The number of hydrogen-bond donors (Lipinski definition) is 1. The van der Waals surface area contributed by atoms with E-state index in [1.165, 1.54) is 17.4 Å². The number of aromatic nitrogens is 2. The molecule has 0 saturated carbocycles. The first-order valence-corrected chi connectivity index (χ1v) is 8.73. The van der Waals surface area contributed by atoms with Crippen LogP contribution in [-0.4, -0.2) is 24.8 Å². The highest BCUT2D eigenvalue weighted by Gasteiger charge is 2.28. The van der Waals surface area contributed by atoms with E-state index in [0.717, 1.165) is 13.0 Å². The Hall–Kier alpha value is -1.73. The van der Waals surface area contributed by atoms with E-state index >= 15 is 0 Å². The highest BCUT2D eigenvalue weighted by atomic mass is 32.2. The second kappa shape index (κ2) is 5.23. The van der Waals surface area contributed by atoms with Crippen LogP contribution in [0.15, 0.2) is 28.8 Å². The monoisotopic (exact) mass is 307 g/mol. The smallest absolute Gasteiger partial charge is 0.244 e. The van der Waals surface area contributed by atoms with E-state index in [2.05, 4.69) is 27.6 Å². The van der Waals surface area contributed by atoms with Crippen molar-refractivity contribution < 1.29 is 12.9 Å². The van der Waals surface area contributed by atoms with E-state index in [1.54, 1.807) is 6.92 Å². The van der Waals surface area contributed by atoms with Gasteiger partial charge in [-0.05, 0) is 24.5 Å². The third kappa shape index (κ3) is 2.84. The quantitative estimate of drug-likeness (QED) is 0.926. The summed E-state index contributed by atoms with van der Waals surface area (Å²) in [7, 11) is -3.23. The van der Waals surface area contributed by atoms with Crippen molar-refractivity contribution in [3.05, 3.63) is 47.1 Å². The normalized spacial score (nSPS) is 20.0. The molecule has 21 heavy (non-hydrogen) atoms. The van der Waals surface area contributed by atoms with Crippen molar-refractivity contribution >= 4 is 9.84 Å². The van der Waals surface area contributed by atoms with Crippen LogP contribution in [0.3, 0.4) is 0 Å². The van der Waals surface area contributed by atoms with Crippen LogP contribution in [0.2, 0.25) is 0 Å². The minimum atomic E-state index is -3.23. The van der Waals surface area contributed by atoms with Crippen molar-refractivity contribution in [3.8, 4) is 0 Å². The maximum Gasteiger partial charge on any atom is 0.244 e. The van der Waals surface area contributed by atoms with Crippen LogP contribution < -0.4 is 5.32 Å². The van der Waals surface area contributed by atoms with Gasteiger partial charge in [-0.3, -0.25) is 0 Å². The van der Waals surface area contributed by atoms with Gasteiger partial charge in [-0.2, -0.15) is 4.98 Å². The molecular formula is C14H17N3O3S. The Morgan fingerprint density at radius 2 is 2.05 bits per heavy atom. The third-order valence-corrected chi connectivity index (χ3v) is 5.34. The Morgan fingerprint density at radius 1 is 1.33 bits per heavy atom. The first kappa shape index (κ1) is 14.2. The summed E-state index contributed by atoms with van der Waals surface area (Å²) in [6.45, 7) is 2.30. The molecule has 2 aromatic rings. The number of nitrogens with one attached hydrogen (secondary N) is 1. The van der Waals surface area contributed by atoms with Crippen molar-refractivity contribution in [1.82, 2.24) is 15.5 Å². The molecule has 2 heterocycles. The minimum absolute atomic E-state index is 0.0760. The third-order valence-electron chi connectivity index (χ3n) is 3.84. The lowest BCUT2D eigenvalue weighted by molar-refractivity contribution is 0.318. The van der Waals surface area contributed by atoms with E-state index in [0.29, 0.717) is 5.89 Å². The van der Waals surface area contributed by atoms with Crippen molar-refractivity contribution in [1.29, 1.82) is 0 Å². The van der Waals surface area contributed by atoms with Gasteiger partial charge in [0, 0.05) is 12.8 Å². The van der Waals surface area contributed by atoms with Gasteiger partial charge in [0.25, 0.3) is 0 Å². The molecule has 6 nitrogen and oxygen atoms in total. The summed E-state index contributed by atoms with van der Waals surface area (Å²) in [5.74, 6) is 0.656. The molecule has 0 saturated heterocycles. The van der Waals surface area contributed by atoms with Gasteiger partial charge in [0.15, 0.2) is 15.7 Å². The molecule has 7 heteroatoms. The van der Waals surface area contributed by atoms with Crippen LogP contribution in [0.1, 0.15) is 41.1 Å². The molecule has 0 radical (unpaired) electrons. The van der Waals surface area contributed by atoms with Gasteiger partial charge < -0.3 is 9.84 Å². The molecular weight excluding hydrogens is 290 g/mol. The van der Waals surface area contributed by atoms with Crippen LogP contribution in [-0.2, 0) is 22.8 Å². The Kier molecular flexibility index (Phi) is 3.54. The predicted molar refractivity (Wildman–Crippen MR) is 77.3 cm³/mol. The zero-order valence-corrected chi connectivity index (χ0v) is 12.7. The Balaban J connectivity index is 1.82. The fourth-order valence-electron chi connectivity index (χ4n) is 2.37. The van der Waals surface area contributed by atoms with Crippen molar-refractivity contribution in [2.24, 2.45) is 0 Å². The van der Waals surface area contributed by atoms with Crippen LogP contribution >= 0.6 is 0 Å². The minimum Gasteiger partial charge on any atom is -0.338 e. The molecule has 1 aromatic heterocycles. The zero-order valence-electron chi connectivity index (χ0n) is 11.9. The van der Waals surface area contributed by atoms with Crippen molar-refractivity contribution in [2.45, 2.75) is 31.2 Å². The lowest BCUT2D eigenvalue weighted by atomic mass is 9.96. The Morgan fingerprint density at radius 3 is 2.76 bits per heavy atom. The van der Waals surface area contributed by atoms with Crippen molar-refractivity contribution in [3.63, 3.8) is 0 Å². The molecule has 0 fully saturated rings. The van der Waals surface area contributed by atoms with Gasteiger partial charge in [-0.25, -0.2) is 8.42 Å². The highest BCUT2D eigenvalue weighted by molar-refractivity contribution is 7.90. The maximum absolute atomic E-state index is 11.5. The topological polar surface area (TPSA) is 85.1 Å². The molecule has 1 aliphatic rings. The Labute approximate surface area is 123 Å². The standard InChI is InChI=1S/C14H17N3O3S/c1-9(21(2,18)19)13-16-14(20-17-13)12-7-10-5-3-4-6-11(10)8-15-12/h3-6,9,12,15H,7-8H2,1-2H3/t9?,12-/m1/s1. The molecule has 0 spiro atoms. The molecule has 1 aliphatic heterocycles. The van der Waals surface area contributed by atoms with Gasteiger partial charge in [0.1, 0.15) is 5.25 Å². The Bertz CT molecular complexity index is 754. The second-order valence-electron chi connectivity index (χ2n) is 5.37. The average molecular weight is 307 g/mol. The highest BCUT2D eigenvalue weighted by Crippen LogP contribution is 2.26. The SMILES string of the molecule is CC(c1noc([C@H]2Cc3ccccc3CN2)n1)S(C)(=O)=O. The molecule has 1 aromatic carbocycles.